The second-order valence-electron chi connectivity index (χ2n) is 10.3. The van der Waals surface area contributed by atoms with Crippen molar-refractivity contribution in [3.05, 3.63) is 22.8 Å². The Labute approximate surface area is 197 Å². The molecule has 2 aliphatic rings. The highest BCUT2D eigenvalue weighted by molar-refractivity contribution is 6.61. The van der Waals surface area contributed by atoms with Crippen molar-refractivity contribution in [2.75, 3.05) is 13.1 Å². The maximum absolute atomic E-state index is 13.6. The molecule has 3 heterocycles. The number of rotatable bonds is 2. The second kappa shape index (κ2) is 8.59. The Morgan fingerprint density at radius 1 is 1.15 bits per heavy atom. The molecule has 2 atom stereocenters. The van der Waals surface area contributed by atoms with Gasteiger partial charge in [0.2, 0.25) is 0 Å². The molecule has 1 amide bonds. The molecule has 3 rings (SSSR count). The molecule has 2 aliphatic heterocycles. The van der Waals surface area contributed by atoms with Crippen molar-refractivity contribution >= 4 is 30.4 Å². The SMILES string of the molecule is CC(C)(C)OC(=O)N1CC(c2cc(Cl)nc(B3OC(C)(C)C(C)(C)O3)c2)OC(C(F)(F)F)C1. The highest BCUT2D eigenvalue weighted by Crippen LogP contribution is 2.37. The van der Waals surface area contributed by atoms with E-state index in [0.29, 0.717) is 11.2 Å². The van der Waals surface area contributed by atoms with E-state index in [9.17, 15) is 18.0 Å². The summed E-state index contributed by atoms with van der Waals surface area (Å²) in [7, 11) is -0.864. The standard InChI is InChI=1S/C21H29BClF3N2O5/c1-18(2,3)31-17(29)28-10-13(30-14(11-28)21(24,25)26)12-8-15(27-16(23)9-12)22-32-19(4,5)20(6,7)33-22/h8-9,13-14H,10-11H2,1-7H3. The van der Waals surface area contributed by atoms with Gasteiger partial charge in [0.1, 0.15) is 16.9 Å². The smallest absolute Gasteiger partial charge is 0.444 e. The maximum atomic E-state index is 13.6. The Balaban J connectivity index is 1.91. The number of aromatic nitrogens is 1. The predicted octanol–water partition coefficient (Wildman–Crippen LogP) is 4.27. The third kappa shape index (κ3) is 5.93. The van der Waals surface area contributed by atoms with E-state index < -0.39 is 54.9 Å². The monoisotopic (exact) mass is 492 g/mol. The van der Waals surface area contributed by atoms with Gasteiger partial charge in [0.25, 0.3) is 0 Å². The Morgan fingerprint density at radius 2 is 1.73 bits per heavy atom. The zero-order valence-electron chi connectivity index (χ0n) is 19.7. The normalized spacial score (nSPS) is 25.3. The summed E-state index contributed by atoms with van der Waals surface area (Å²) in [6.45, 7) is 11.6. The lowest BCUT2D eigenvalue weighted by Gasteiger charge is -2.39. The number of hydrogen-bond acceptors (Lipinski definition) is 6. The van der Waals surface area contributed by atoms with Gasteiger partial charge in [-0.25, -0.2) is 9.78 Å². The molecule has 0 aliphatic carbocycles. The van der Waals surface area contributed by atoms with E-state index >= 15 is 0 Å². The Hall–Kier alpha value is -1.56. The van der Waals surface area contributed by atoms with Gasteiger partial charge in [0, 0.05) is 0 Å². The molecule has 7 nitrogen and oxygen atoms in total. The van der Waals surface area contributed by atoms with Gasteiger partial charge >= 0.3 is 19.4 Å². The third-order valence-electron chi connectivity index (χ3n) is 5.82. The number of amides is 1. The molecule has 0 N–H and O–H groups in total. The molecule has 0 aromatic carbocycles. The van der Waals surface area contributed by atoms with E-state index in [1.54, 1.807) is 20.8 Å². The number of hydrogen-bond donors (Lipinski definition) is 0. The summed E-state index contributed by atoms with van der Waals surface area (Å²) in [5, 5.41) is 0.0405. The highest BCUT2D eigenvalue weighted by atomic mass is 35.5. The van der Waals surface area contributed by atoms with Crippen LogP contribution in [0.25, 0.3) is 0 Å². The van der Waals surface area contributed by atoms with Gasteiger partial charge in [-0.3, -0.25) is 0 Å². The van der Waals surface area contributed by atoms with Crippen molar-refractivity contribution < 1.29 is 36.7 Å². The maximum Gasteiger partial charge on any atom is 0.514 e. The summed E-state index contributed by atoms with van der Waals surface area (Å²) in [5.41, 5.74) is -1.52. The van der Waals surface area contributed by atoms with Gasteiger partial charge in [-0.05, 0) is 66.2 Å². The van der Waals surface area contributed by atoms with Crippen LogP contribution in [0.15, 0.2) is 12.1 Å². The molecule has 12 heteroatoms. The quantitative estimate of drug-likeness (QED) is 0.454. The fourth-order valence-electron chi connectivity index (χ4n) is 3.41. The summed E-state index contributed by atoms with van der Waals surface area (Å²) >= 11 is 6.20. The van der Waals surface area contributed by atoms with Crippen LogP contribution in [0, 0.1) is 0 Å². The second-order valence-corrected chi connectivity index (χ2v) is 10.7. The minimum Gasteiger partial charge on any atom is -0.444 e. The Kier molecular flexibility index (Phi) is 6.78. The Morgan fingerprint density at radius 3 is 2.24 bits per heavy atom. The van der Waals surface area contributed by atoms with E-state index in [0.717, 1.165) is 4.90 Å². The summed E-state index contributed by atoms with van der Waals surface area (Å²) in [4.78, 5) is 17.8. The molecular weight excluding hydrogens is 463 g/mol. The first-order chi connectivity index (χ1) is 14.9. The number of carbonyl (C=O) groups is 1. The fourth-order valence-corrected chi connectivity index (χ4v) is 3.63. The van der Waals surface area contributed by atoms with E-state index in [1.165, 1.54) is 12.1 Å². The van der Waals surface area contributed by atoms with Crippen LogP contribution in [0.4, 0.5) is 18.0 Å². The van der Waals surface area contributed by atoms with Crippen LogP contribution in [0.5, 0.6) is 0 Å². The van der Waals surface area contributed by atoms with Crippen LogP contribution in [0.3, 0.4) is 0 Å². The first-order valence-electron chi connectivity index (χ1n) is 10.6. The van der Waals surface area contributed by atoms with E-state index in [2.05, 4.69) is 4.98 Å². The molecule has 2 saturated heterocycles. The average Bonchev–Trinajstić information content (AvgIpc) is 2.86. The van der Waals surface area contributed by atoms with Crippen LogP contribution in [0.2, 0.25) is 5.15 Å². The number of carbonyl (C=O) groups excluding carboxylic acids is 1. The minimum atomic E-state index is -4.68. The molecule has 0 saturated carbocycles. The van der Waals surface area contributed by atoms with E-state index in [4.69, 9.17) is 30.4 Å². The number of morpholine rings is 1. The zero-order chi connectivity index (χ0) is 25.0. The summed E-state index contributed by atoms with van der Waals surface area (Å²) in [6.07, 6.45) is -8.82. The van der Waals surface area contributed by atoms with Crippen LogP contribution < -0.4 is 5.59 Å². The summed E-state index contributed by atoms with van der Waals surface area (Å²) in [6, 6.07) is 2.94. The first-order valence-corrected chi connectivity index (χ1v) is 11.0. The number of halogens is 4. The van der Waals surface area contributed by atoms with Gasteiger partial charge in [0.15, 0.2) is 6.10 Å². The lowest BCUT2D eigenvalue weighted by atomic mass is 9.83. The van der Waals surface area contributed by atoms with Gasteiger partial charge in [-0.15, -0.1) is 0 Å². The molecule has 0 bridgehead atoms. The minimum absolute atomic E-state index is 0.0405. The van der Waals surface area contributed by atoms with E-state index in [1.807, 2.05) is 27.7 Å². The molecule has 1 aromatic rings. The molecule has 2 fully saturated rings. The van der Waals surface area contributed by atoms with E-state index in [-0.39, 0.29) is 11.7 Å². The largest absolute Gasteiger partial charge is 0.514 e. The van der Waals surface area contributed by atoms with Gasteiger partial charge in [-0.2, -0.15) is 13.2 Å². The first kappa shape index (κ1) is 26.1. The van der Waals surface area contributed by atoms with Crippen molar-refractivity contribution in [3.8, 4) is 0 Å². The highest BCUT2D eigenvalue weighted by Gasteiger charge is 2.53. The number of alkyl halides is 3. The number of pyridine rings is 1. The summed E-state index contributed by atoms with van der Waals surface area (Å²) < 4.78 is 63.4. The van der Waals surface area contributed by atoms with Gasteiger partial charge < -0.3 is 23.7 Å². The molecule has 1 aromatic heterocycles. The number of nitrogens with zero attached hydrogens (tertiary/aromatic N) is 2. The lowest BCUT2D eigenvalue weighted by Crippen LogP contribution is -2.53. The van der Waals surface area contributed by atoms with Crippen LogP contribution in [0.1, 0.15) is 60.1 Å². The fraction of sp³-hybridized carbons (Fsp3) is 0.714. The van der Waals surface area contributed by atoms with Crippen molar-refractivity contribution in [2.45, 2.75) is 83.7 Å². The van der Waals surface area contributed by atoms with Gasteiger partial charge in [-0.1, -0.05) is 11.6 Å². The predicted molar refractivity (Wildman–Crippen MR) is 116 cm³/mol. The topological polar surface area (TPSA) is 70.1 Å². The third-order valence-corrected chi connectivity index (χ3v) is 6.01. The van der Waals surface area contributed by atoms with Crippen LogP contribution in [-0.2, 0) is 18.8 Å². The number of ether oxygens (including phenoxy) is 2. The molecular formula is C21H29BClF3N2O5. The molecule has 2 unspecified atom stereocenters. The van der Waals surface area contributed by atoms with Crippen molar-refractivity contribution in [1.29, 1.82) is 0 Å². The van der Waals surface area contributed by atoms with Crippen LogP contribution in [-0.4, -0.2) is 65.3 Å². The van der Waals surface area contributed by atoms with Crippen molar-refractivity contribution in [1.82, 2.24) is 9.88 Å². The van der Waals surface area contributed by atoms with Crippen LogP contribution >= 0.6 is 11.6 Å². The summed E-state index contributed by atoms with van der Waals surface area (Å²) in [5.74, 6) is 0. The van der Waals surface area contributed by atoms with Crippen molar-refractivity contribution in [2.24, 2.45) is 0 Å². The average molecular weight is 493 g/mol. The lowest BCUT2D eigenvalue weighted by molar-refractivity contribution is -0.252. The van der Waals surface area contributed by atoms with Gasteiger partial charge in [0.05, 0.1) is 29.9 Å². The molecule has 0 radical (unpaired) electrons. The zero-order valence-corrected chi connectivity index (χ0v) is 20.5. The Bertz CT molecular complexity index is 891. The van der Waals surface area contributed by atoms with Crippen molar-refractivity contribution in [3.63, 3.8) is 0 Å². The molecule has 33 heavy (non-hydrogen) atoms. The molecule has 0 spiro atoms. The molecule has 184 valence electrons.